The molecule has 4 aromatic carbocycles. The molecule has 1 N–H and O–H groups in total. The molecular weight excluding hydrogens is 565 g/mol. The largest absolute Gasteiger partial charge is 1.00 e. The van der Waals surface area contributed by atoms with Gasteiger partial charge in [-0.1, -0.05) is 78.0 Å². The summed E-state index contributed by atoms with van der Waals surface area (Å²) in [5.41, 5.74) is 4.01. The molecule has 0 aliphatic heterocycles. The molecule has 0 amide bonds. The fourth-order valence-electron chi connectivity index (χ4n) is 4.93. The Bertz CT molecular complexity index is 1800. The number of para-hydroxylation sites is 2. The van der Waals surface area contributed by atoms with Gasteiger partial charge in [0.1, 0.15) is 30.4 Å². The van der Waals surface area contributed by atoms with E-state index in [0.717, 1.165) is 33.2 Å². The molecule has 9 heteroatoms. The number of pyridine rings is 2. The molecule has 6 rings (SSSR count). The van der Waals surface area contributed by atoms with Crippen LogP contribution in [0.5, 0.6) is 11.5 Å². The van der Waals surface area contributed by atoms with Crippen LogP contribution in [0.15, 0.2) is 126 Å². The summed E-state index contributed by atoms with van der Waals surface area (Å²) in [5, 5.41) is 26.6. The third-order valence-electron chi connectivity index (χ3n) is 7.10. The summed E-state index contributed by atoms with van der Waals surface area (Å²) in [5.74, 6) is -1.29. The molecule has 0 bridgehead atoms. The van der Waals surface area contributed by atoms with Gasteiger partial charge < -0.3 is 24.6 Å². The Morgan fingerprint density at radius 3 is 1.50 bits per heavy atom. The number of rotatable bonds is 10. The Morgan fingerprint density at radius 2 is 1.09 bits per heavy atom. The first-order valence-corrected chi connectivity index (χ1v) is 13.7. The summed E-state index contributed by atoms with van der Waals surface area (Å²) in [7, 11) is 0. The van der Waals surface area contributed by atoms with E-state index in [4.69, 9.17) is 9.47 Å². The van der Waals surface area contributed by atoms with Gasteiger partial charge in [0.05, 0.1) is 34.3 Å². The van der Waals surface area contributed by atoms with E-state index in [1.54, 1.807) is 48.5 Å². The van der Waals surface area contributed by atoms with Crippen LogP contribution in [0.1, 0.15) is 28.4 Å². The van der Waals surface area contributed by atoms with Crippen LogP contribution < -0.4 is 44.1 Å². The van der Waals surface area contributed by atoms with Gasteiger partial charge in [-0.05, 0) is 59.7 Å². The van der Waals surface area contributed by atoms with Crippen molar-refractivity contribution in [1.29, 1.82) is 0 Å². The van der Waals surface area contributed by atoms with E-state index in [1.807, 2.05) is 72.8 Å². The van der Waals surface area contributed by atoms with E-state index in [1.165, 1.54) is 0 Å². The topological polar surface area (TPSA) is 117 Å². The van der Waals surface area contributed by atoms with Crippen molar-refractivity contribution >= 4 is 33.5 Å². The second-order valence-corrected chi connectivity index (χ2v) is 9.91. The Kier molecular flexibility index (Phi) is 9.86. The van der Waals surface area contributed by atoms with Gasteiger partial charge in [0.25, 0.3) is 0 Å². The fraction of sp³-hybridized carbons (Fsp3) is 0.0857. The van der Waals surface area contributed by atoms with Crippen molar-refractivity contribution in [2.24, 2.45) is 5.16 Å². The molecule has 0 unspecified atom stereocenters. The van der Waals surface area contributed by atoms with Crippen LogP contribution in [0.25, 0.3) is 21.8 Å². The molecule has 0 aliphatic carbocycles. The zero-order valence-electron chi connectivity index (χ0n) is 24.0. The minimum absolute atomic E-state index is 0. The Labute approximate surface area is 275 Å². The number of aliphatic carboxylic acids is 1. The van der Waals surface area contributed by atoms with Crippen molar-refractivity contribution in [2.45, 2.75) is 19.1 Å². The molecule has 0 fully saturated rings. The van der Waals surface area contributed by atoms with E-state index >= 15 is 0 Å². The standard InChI is InChI=1S/C35H27N3O5.Na/c39-35(40)34(38-41)33(25-11-17-29(18-12-25)42-21-27-15-9-23-5-1-3-7-31(23)36-27)26-13-19-30(20-14-26)43-22-28-16-10-24-6-2-4-8-32(24)37-28;/h1-20,33,41H,21-22H2,(H,39,40);/q;+1/p-1. The van der Waals surface area contributed by atoms with E-state index in [2.05, 4.69) is 15.1 Å². The van der Waals surface area contributed by atoms with Crippen LogP contribution in [0.3, 0.4) is 0 Å². The predicted octanol–water partition coefficient (Wildman–Crippen LogP) is 2.66. The Balaban J connectivity index is 0.00000384. The number of benzene rings is 4. The van der Waals surface area contributed by atoms with E-state index in [9.17, 15) is 15.1 Å². The summed E-state index contributed by atoms with van der Waals surface area (Å²) < 4.78 is 11.9. The van der Waals surface area contributed by atoms with Crippen LogP contribution in [-0.2, 0) is 18.0 Å². The molecule has 0 radical (unpaired) electrons. The van der Waals surface area contributed by atoms with Crippen molar-refractivity contribution in [2.75, 3.05) is 0 Å². The van der Waals surface area contributed by atoms with Gasteiger partial charge in [-0.15, -0.1) is 0 Å². The van der Waals surface area contributed by atoms with Crippen molar-refractivity contribution in [1.82, 2.24) is 9.97 Å². The van der Waals surface area contributed by atoms with Gasteiger partial charge in [0, 0.05) is 10.8 Å². The van der Waals surface area contributed by atoms with Crippen molar-refractivity contribution in [3.05, 3.63) is 144 Å². The molecule has 0 aliphatic rings. The fourth-order valence-corrected chi connectivity index (χ4v) is 4.93. The molecule has 0 atom stereocenters. The van der Waals surface area contributed by atoms with Crippen molar-refractivity contribution in [3.8, 4) is 11.5 Å². The molecule has 0 spiro atoms. The summed E-state index contributed by atoms with van der Waals surface area (Å²) in [6, 6.07) is 37.5. The van der Waals surface area contributed by atoms with Crippen LogP contribution in [0.4, 0.5) is 0 Å². The number of carbonyl (C=O) groups is 1. The van der Waals surface area contributed by atoms with Crippen molar-refractivity contribution < 1.29 is 54.1 Å². The monoisotopic (exact) mass is 591 g/mol. The first-order valence-electron chi connectivity index (χ1n) is 13.7. The number of aromatic nitrogens is 2. The Morgan fingerprint density at radius 1 is 0.659 bits per heavy atom. The van der Waals surface area contributed by atoms with Gasteiger partial charge in [0.15, 0.2) is 0 Å². The number of hydrogen-bond acceptors (Lipinski definition) is 8. The predicted molar refractivity (Wildman–Crippen MR) is 161 cm³/mol. The van der Waals surface area contributed by atoms with Gasteiger partial charge in [0.2, 0.25) is 0 Å². The van der Waals surface area contributed by atoms with Gasteiger partial charge >= 0.3 is 29.6 Å². The maximum atomic E-state index is 11.9. The molecule has 0 saturated heterocycles. The number of ether oxygens (including phenoxy) is 2. The molecular formula is C35H26N3NaO5. The van der Waals surface area contributed by atoms with Crippen LogP contribution in [0.2, 0.25) is 0 Å². The molecule has 212 valence electrons. The summed E-state index contributed by atoms with van der Waals surface area (Å²) in [6.07, 6.45) is 0. The number of fused-ring (bicyclic) bond motifs is 2. The average molecular weight is 592 g/mol. The SMILES string of the molecule is O=C([O-])C(=NO)C(c1ccc(OCc2ccc3ccccc3n2)cc1)c1ccc(OCc2ccc3ccccc3n2)cc1.[Na+]. The quantitative estimate of drug-likeness (QED) is 0.113. The zero-order chi connectivity index (χ0) is 29.6. The number of oxime groups is 1. The third-order valence-corrected chi connectivity index (χ3v) is 7.10. The van der Waals surface area contributed by atoms with E-state index in [-0.39, 0.29) is 42.8 Å². The maximum absolute atomic E-state index is 11.9. The normalized spacial score (nSPS) is 11.3. The number of hydrogen-bond donors (Lipinski definition) is 1. The third kappa shape index (κ3) is 7.06. The van der Waals surface area contributed by atoms with Crippen LogP contribution in [0, 0.1) is 0 Å². The summed E-state index contributed by atoms with van der Waals surface area (Å²) >= 11 is 0. The number of carboxylic acid groups (broad SMARTS) is 1. The van der Waals surface area contributed by atoms with Crippen LogP contribution >= 0.6 is 0 Å². The molecule has 2 aromatic heterocycles. The number of carboxylic acids is 1. The minimum atomic E-state index is -1.57. The first kappa shape index (κ1) is 30.7. The second kappa shape index (κ2) is 14.1. The van der Waals surface area contributed by atoms with Crippen molar-refractivity contribution in [3.63, 3.8) is 0 Å². The van der Waals surface area contributed by atoms with Gasteiger partial charge in [-0.3, -0.25) is 0 Å². The first-order chi connectivity index (χ1) is 21.1. The second-order valence-electron chi connectivity index (χ2n) is 9.91. The molecule has 6 aromatic rings. The Hall–Kier alpha value is -4.76. The smallest absolute Gasteiger partial charge is 0.543 e. The molecule has 0 saturated carbocycles. The summed E-state index contributed by atoms with van der Waals surface area (Å²) in [4.78, 5) is 21.1. The van der Waals surface area contributed by atoms with Gasteiger partial charge in [-0.2, -0.15) is 0 Å². The summed E-state index contributed by atoms with van der Waals surface area (Å²) in [6.45, 7) is 0.540. The number of nitrogens with zero attached hydrogens (tertiary/aromatic N) is 3. The molecule has 44 heavy (non-hydrogen) atoms. The van der Waals surface area contributed by atoms with Gasteiger partial charge in [-0.25, -0.2) is 9.97 Å². The molecule has 8 nitrogen and oxygen atoms in total. The average Bonchev–Trinajstić information content (AvgIpc) is 3.05. The number of carbonyl (C=O) groups excluding carboxylic acids is 1. The minimum Gasteiger partial charge on any atom is -0.543 e. The van der Waals surface area contributed by atoms with Crippen LogP contribution in [-0.4, -0.2) is 26.9 Å². The zero-order valence-corrected chi connectivity index (χ0v) is 26.0. The van der Waals surface area contributed by atoms with E-state index in [0.29, 0.717) is 22.6 Å². The molecule has 2 heterocycles. The van der Waals surface area contributed by atoms with E-state index < -0.39 is 17.6 Å². The maximum Gasteiger partial charge on any atom is 1.00 e.